The van der Waals surface area contributed by atoms with Crippen molar-refractivity contribution in [1.82, 2.24) is 10.2 Å². The molecule has 1 N–H and O–H groups in total. The second-order valence-corrected chi connectivity index (χ2v) is 6.15. The summed E-state index contributed by atoms with van der Waals surface area (Å²) in [5.41, 5.74) is 0.166. The molecule has 0 saturated carbocycles. The number of hydrogen-bond acceptors (Lipinski definition) is 2. The molecule has 4 nitrogen and oxygen atoms in total. The molecule has 2 aromatic rings. The van der Waals surface area contributed by atoms with E-state index in [9.17, 15) is 14.0 Å². The molecule has 0 spiro atoms. The van der Waals surface area contributed by atoms with Gasteiger partial charge in [-0.05, 0) is 41.8 Å². The number of nitrogens with one attached hydrogen (secondary N) is 1. The Balaban J connectivity index is 1.93. The van der Waals surface area contributed by atoms with E-state index in [1.165, 1.54) is 29.2 Å². The lowest BCUT2D eigenvalue weighted by molar-refractivity contribution is -0.132. The molecule has 2 aromatic carbocycles. The SMILES string of the molecule is CC[C@@]1(c2ccc(F)cc2)NC(=O)N(Cc2cccc(Cl)c2)C1=O. The average molecular weight is 347 g/mol. The van der Waals surface area contributed by atoms with Crippen LogP contribution in [0.2, 0.25) is 5.02 Å². The number of carbonyl (C=O) groups is 2. The third-order valence-corrected chi connectivity index (χ3v) is 4.51. The molecule has 1 saturated heterocycles. The minimum Gasteiger partial charge on any atom is -0.319 e. The summed E-state index contributed by atoms with van der Waals surface area (Å²) in [6.07, 6.45) is 0.370. The van der Waals surface area contributed by atoms with Gasteiger partial charge in [0.1, 0.15) is 11.4 Å². The van der Waals surface area contributed by atoms with E-state index in [1.54, 1.807) is 24.3 Å². The third-order valence-electron chi connectivity index (χ3n) is 4.27. The van der Waals surface area contributed by atoms with Crippen LogP contribution in [0.3, 0.4) is 0 Å². The largest absolute Gasteiger partial charge is 0.325 e. The molecule has 0 unspecified atom stereocenters. The van der Waals surface area contributed by atoms with Gasteiger partial charge in [0.2, 0.25) is 0 Å². The molecule has 0 bridgehead atoms. The van der Waals surface area contributed by atoms with Gasteiger partial charge in [-0.25, -0.2) is 9.18 Å². The van der Waals surface area contributed by atoms with Crippen LogP contribution in [0.5, 0.6) is 0 Å². The van der Waals surface area contributed by atoms with Gasteiger partial charge in [0.15, 0.2) is 0 Å². The van der Waals surface area contributed by atoms with Crippen LogP contribution in [0.25, 0.3) is 0 Å². The van der Waals surface area contributed by atoms with E-state index in [-0.39, 0.29) is 12.5 Å². The van der Waals surface area contributed by atoms with E-state index in [0.717, 1.165) is 5.56 Å². The van der Waals surface area contributed by atoms with Crippen molar-refractivity contribution in [3.63, 3.8) is 0 Å². The van der Waals surface area contributed by atoms with Crippen LogP contribution < -0.4 is 5.32 Å². The summed E-state index contributed by atoms with van der Waals surface area (Å²) in [5, 5.41) is 3.31. The molecule has 6 heteroatoms. The van der Waals surface area contributed by atoms with E-state index in [2.05, 4.69) is 5.32 Å². The molecule has 24 heavy (non-hydrogen) atoms. The summed E-state index contributed by atoms with van der Waals surface area (Å²) in [5.74, 6) is -0.737. The summed E-state index contributed by atoms with van der Waals surface area (Å²) < 4.78 is 13.2. The van der Waals surface area contributed by atoms with Crippen LogP contribution in [0.4, 0.5) is 9.18 Å². The van der Waals surface area contributed by atoms with Gasteiger partial charge in [-0.1, -0.05) is 42.8 Å². The highest BCUT2D eigenvalue weighted by Crippen LogP contribution is 2.33. The summed E-state index contributed by atoms with van der Waals surface area (Å²) in [4.78, 5) is 26.5. The van der Waals surface area contributed by atoms with Crippen LogP contribution in [0.15, 0.2) is 48.5 Å². The second kappa shape index (κ2) is 6.24. The minimum atomic E-state index is -1.16. The Morgan fingerprint density at radius 3 is 2.50 bits per heavy atom. The highest BCUT2D eigenvalue weighted by molar-refractivity contribution is 6.30. The van der Waals surface area contributed by atoms with Gasteiger partial charge in [-0.15, -0.1) is 0 Å². The summed E-state index contributed by atoms with van der Waals surface area (Å²) in [6.45, 7) is 1.94. The van der Waals surface area contributed by atoms with Crippen molar-refractivity contribution in [1.29, 1.82) is 0 Å². The van der Waals surface area contributed by atoms with Crippen molar-refractivity contribution in [3.8, 4) is 0 Å². The fourth-order valence-electron chi connectivity index (χ4n) is 2.96. The van der Waals surface area contributed by atoms with Crippen molar-refractivity contribution in [2.75, 3.05) is 0 Å². The first-order chi connectivity index (χ1) is 11.5. The summed E-state index contributed by atoms with van der Waals surface area (Å²) in [7, 11) is 0. The fraction of sp³-hybridized carbons (Fsp3) is 0.222. The van der Waals surface area contributed by atoms with E-state index in [0.29, 0.717) is 17.0 Å². The number of carbonyl (C=O) groups excluding carboxylic acids is 2. The number of rotatable bonds is 4. The molecule has 3 rings (SSSR count). The van der Waals surface area contributed by atoms with Crippen LogP contribution in [0, 0.1) is 5.82 Å². The molecule has 1 fully saturated rings. The van der Waals surface area contributed by atoms with Crippen molar-refractivity contribution >= 4 is 23.5 Å². The monoisotopic (exact) mass is 346 g/mol. The van der Waals surface area contributed by atoms with Gasteiger partial charge in [0.05, 0.1) is 6.54 Å². The standard InChI is InChI=1S/C18H16ClFN2O2/c1-2-18(13-6-8-15(20)9-7-13)16(23)22(17(24)21-18)11-12-4-3-5-14(19)10-12/h3-10H,2,11H2,1H3,(H,21,24)/t18-/m0/s1. The lowest BCUT2D eigenvalue weighted by Gasteiger charge is -2.25. The maximum atomic E-state index is 13.2. The molecular weight excluding hydrogens is 331 g/mol. The quantitative estimate of drug-likeness (QED) is 0.855. The van der Waals surface area contributed by atoms with E-state index in [4.69, 9.17) is 11.6 Å². The number of halogens is 2. The van der Waals surface area contributed by atoms with Crippen LogP contribution in [0.1, 0.15) is 24.5 Å². The number of hydrogen-bond donors (Lipinski definition) is 1. The Kier molecular flexibility index (Phi) is 4.28. The maximum absolute atomic E-state index is 13.2. The zero-order chi connectivity index (χ0) is 17.3. The van der Waals surface area contributed by atoms with Crippen molar-refractivity contribution in [3.05, 3.63) is 70.5 Å². The molecule has 1 aliphatic rings. The summed E-state index contributed by atoms with van der Waals surface area (Å²) in [6, 6.07) is 12.2. The average Bonchev–Trinajstić information content (AvgIpc) is 2.81. The van der Waals surface area contributed by atoms with Crippen molar-refractivity contribution < 1.29 is 14.0 Å². The topological polar surface area (TPSA) is 49.4 Å². The molecule has 3 amide bonds. The lowest BCUT2D eigenvalue weighted by Crippen LogP contribution is -2.43. The second-order valence-electron chi connectivity index (χ2n) is 5.72. The number of urea groups is 1. The van der Waals surface area contributed by atoms with Crippen LogP contribution in [-0.2, 0) is 16.9 Å². The Morgan fingerprint density at radius 1 is 1.17 bits per heavy atom. The molecule has 1 heterocycles. The van der Waals surface area contributed by atoms with Gasteiger partial charge in [-0.3, -0.25) is 9.69 Å². The molecule has 0 aliphatic carbocycles. The smallest absolute Gasteiger partial charge is 0.319 e. The molecule has 1 atom stereocenters. The lowest BCUT2D eigenvalue weighted by atomic mass is 9.87. The van der Waals surface area contributed by atoms with Crippen LogP contribution >= 0.6 is 11.6 Å². The molecule has 1 aliphatic heterocycles. The summed E-state index contributed by atoms with van der Waals surface area (Å²) >= 11 is 5.96. The maximum Gasteiger partial charge on any atom is 0.325 e. The Hall–Kier alpha value is -2.40. The fourth-order valence-corrected chi connectivity index (χ4v) is 3.17. The number of imide groups is 1. The number of benzene rings is 2. The van der Waals surface area contributed by atoms with Gasteiger partial charge < -0.3 is 5.32 Å². The van der Waals surface area contributed by atoms with Gasteiger partial charge in [-0.2, -0.15) is 0 Å². The van der Waals surface area contributed by atoms with Crippen LogP contribution in [-0.4, -0.2) is 16.8 Å². The molecule has 0 aromatic heterocycles. The predicted molar refractivity (Wildman–Crippen MR) is 88.9 cm³/mol. The normalized spacial score (nSPS) is 20.4. The van der Waals surface area contributed by atoms with E-state index >= 15 is 0 Å². The van der Waals surface area contributed by atoms with Gasteiger partial charge >= 0.3 is 6.03 Å². The zero-order valence-corrected chi connectivity index (χ0v) is 13.8. The highest BCUT2D eigenvalue weighted by Gasteiger charge is 2.51. The first-order valence-corrected chi connectivity index (χ1v) is 7.98. The van der Waals surface area contributed by atoms with Gasteiger partial charge in [0, 0.05) is 5.02 Å². The Bertz CT molecular complexity index is 794. The predicted octanol–water partition coefficient (Wildman–Crippen LogP) is 3.84. The first-order valence-electron chi connectivity index (χ1n) is 7.61. The van der Waals surface area contributed by atoms with E-state index in [1.807, 2.05) is 6.92 Å². The number of amides is 3. The molecular formula is C18H16ClFN2O2. The molecule has 0 radical (unpaired) electrons. The van der Waals surface area contributed by atoms with Gasteiger partial charge in [0.25, 0.3) is 5.91 Å². The third kappa shape index (κ3) is 2.76. The van der Waals surface area contributed by atoms with E-state index < -0.39 is 17.4 Å². The zero-order valence-electron chi connectivity index (χ0n) is 13.1. The Labute approximate surface area is 144 Å². The minimum absolute atomic E-state index is 0.133. The van der Waals surface area contributed by atoms with Crippen molar-refractivity contribution in [2.24, 2.45) is 0 Å². The van der Waals surface area contributed by atoms with Crippen molar-refractivity contribution in [2.45, 2.75) is 25.4 Å². The Morgan fingerprint density at radius 2 is 1.88 bits per heavy atom. The molecule has 124 valence electrons. The first kappa shape index (κ1) is 16.5. The highest BCUT2D eigenvalue weighted by atomic mass is 35.5. The number of nitrogens with zero attached hydrogens (tertiary/aromatic N) is 1.